The molecule has 7 N–H and O–H groups in total. The quantitative estimate of drug-likeness (QED) is 0.147. The van der Waals surface area contributed by atoms with Crippen molar-refractivity contribution in [2.24, 2.45) is 35.5 Å². The number of nitrogens with two attached hydrogens (primary N) is 1. The van der Waals surface area contributed by atoms with Crippen LogP contribution in [0.2, 0.25) is 0 Å². The molecule has 0 radical (unpaired) electrons. The van der Waals surface area contributed by atoms with E-state index in [0.717, 1.165) is 38.8 Å². The molecule has 0 aromatic heterocycles. The summed E-state index contributed by atoms with van der Waals surface area (Å²) in [7, 11) is 0. The van der Waals surface area contributed by atoms with Gasteiger partial charge >= 0.3 is 5.97 Å². The average Bonchev–Trinajstić information content (AvgIpc) is 3.04. The zero-order chi connectivity index (χ0) is 33.2. The summed E-state index contributed by atoms with van der Waals surface area (Å²) in [5.41, 5.74) is -0.615. The SMILES string of the molecule is CC=C(C)C(=O)O[C@@H]1CC2C(O)C3C(=O)CC(CO)OC3C(C3CCCC(O)C3)C2O[C@]1(C)[C@@H](CO)CC1CCC(NCC)[NH2+]C1. The number of Topliss-reactive ketones (excluding diaryl/α,β-unsaturated/α-hetero) is 1. The Hall–Kier alpha value is -1.44. The van der Waals surface area contributed by atoms with Gasteiger partial charge in [-0.1, -0.05) is 19.4 Å². The van der Waals surface area contributed by atoms with Crippen LogP contribution in [0.15, 0.2) is 11.6 Å². The number of ketones is 1. The Morgan fingerprint density at radius 1 is 1.17 bits per heavy atom. The highest BCUT2D eigenvalue weighted by atomic mass is 16.6. The number of nitrogens with one attached hydrogen (secondary N) is 1. The minimum absolute atomic E-state index is 0.0152. The summed E-state index contributed by atoms with van der Waals surface area (Å²) in [4.78, 5) is 26.8. The molecular weight excluding hydrogens is 592 g/mol. The number of rotatable bonds is 10. The van der Waals surface area contributed by atoms with Crippen molar-refractivity contribution in [3.8, 4) is 0 Å². The van der Waals surface area contributed by atoms with Gasteiger partial charge in [0.25, 0.3) is 0 Å². The van der Waals surface area contributed by atoms with Crippen LogP contribution >= 0.6 is 0 Å². The Morgan fingerprint density at radius 3 is 2.59 bits per heavy atom. The van der Waals surface area contributed by atoms with Gasteiger partial charge in [-0.05, 0) is 71.8 Å². The summed E-state index contributed by atoms with van der Waals surface area (Å²) in [6.45, 7) is 8.92. The number of carbonyl (C=O) groups excluding carboxylic acids is 2. The number of quaternary nitrogens is 1. The molecule has 11 heteroatoms. The van der Waals surface area contributed by atoms with E-state index in [2.05, 4.69) is 17.6 Å². The summed E-state index contributed by atoms with van der Waals surface area (Å²) in [5.74, 6) is -2.23. The minimum atomic E-state index is -1.08. The summed E-state index contributed by atoms with van der Waals surface area (Å²) in [5, 5.41) is 49.5. The van der Waals surface area contributed by atoms with Crippen molar-refractivity contribution in [1.29, 1.82) is 0 Å². The Labute approximate surface area is 273 Å². The molecule has 0 bridgehead atoms. The van der Waals surface area contributed by atoms with E-state index >= 15 is 0 Å². The highest BCUT2D eigenvalue weighted by Gasteiger charge is 2.64. The normalized spacial score (nSPS) is 44.2. The zero-order valence-electron chi connectivity index (χ0n) is 28.2. The Kier molecular flexibility index (Phi) is 12.0. The van der Waals surface area contributed by atoms with Crippen LogP contribution in [0.1, 0.15) is 85.5 Å². The van der Waals surface area contributed by atoms with Gasteiger partial charge in [-0.25, -0.2) is 4.79 Å². The number of fused-ring (bicyclic) bond motifs is 2. The molecule has 0 amide bonds. The van der Waals surface area contributed by atoms with E-state index in [0.29, 0.717) is 36.9 Å². The second kappa shape index (κ2) is 15.4. The summed E-state index contributed by atoms with van der Waals surface area (Å²) in [6, 6.07) is 0. The molecule has 3 heterocycles. The fraction of sp³-hybridized carbons (Fsp3) is 0.886. The van der Waals surface area contributed by atoms with Crippen molar-refractivity contribution in [2.75, 3.05) is 26.3 Å². The number of piperidine rings is 1. The highest BCUT2D eigenvalue weighted by molar-refractivity contribution is 5.87. The standard InChI is InChI=1S/C35H58N2O9/c1-5-19(3)34(43)45-27-15-25-31(42)30-26(41)14-24(18-39)44-33(30)29(21-8-7-9-23(40)13-21)32(25)46-35(27,4)22(17-38)12-20-10-11-28(36-6-2)37-16-20/h5,20-25,27-33,36-40,42H,6-18H2,1-4H3/p+1/t20?,21?,22-,23?,24?,25?,27-,28?,29?,30?,31?,32?,33?,35-/m1/s1. The Balaban J connectivity index is 1.50. The van der Waals surface area contributed by atoms with E-state index in [1.54, 1.807) is 19.9 Å². The lowest BCUT2D eigenvalue weighted by Crippen LogP contribution is -2.95. The topological polar surface area (TPSA) is 171 Å². The third kappa shape index (κ3) is 7.27. The molecule has 11 nitrogen and oxygen atoms in total. The van der Waals surface area contributed by atoms with Gasteiger partial charge in [0.05, 0.1) is 49.6 Å². The maximum absolute atomic E-state index is 13.6. The number of aliphatic hydroxyl groups is 4. The number of hydrogen-bond acceptors (Lipinski definition) is 10. The molecule has 0 aromatic carbocycles. The van der Waals surface area contributed by atoms with Gasteiger partial charge in [-0.15, -0.1) is 0 Å². The van der Waals surface area contributed by atoms with Crippen molar-refractivity contribution in [3.05, 3.63) is 11.6 Å². The molecule has 5 aliphatic rings. The van der Waals surface area contributed by atoms with Gasteiger partial charge in [0.2, 0.25) is 0 Å². The van der Waals surface area contributed by atoms with Gasteiger partial charge in [0.1, 0.15) is 23.7 Å². The van der Waals surface area contributed by atoms with Crippen molar-refractivity contribution < 1.29 is 49.5 Å². The first-order chi connectivity index (χ1) is 22.0. The fourth-order valence-electron chi connectivity index (χ4n) is 9.46. The number of esters is 1. The van der Waals surface area contributed by atoms with E-state index in [1.165, 1.54) is 0 Å². The van der Waals surface area contributed by atoms with Crippen LogP contribution in [-0.2, 0) is 23.8 Å². The number of carbonyl (C=O) groups is 2. The second-order valence-corrected chi connectivity index (χ2v) is 15.0. The van der Waals surface area contributed by atoms with E-state index in [1.807, 2.05) is 6.92 Å². The maximum Gasteiger partial charge on any atom is 0.333 e. The van der Waals surface area contributed by atoms with E-state index < -0.39 is 60.0 Å². The van der Waals surface area contributed by atoms with Crippen LogP contribution < -0.4 is 10.6 Å². The lowest BCUT2D eigenvalue weighted by atomic mass is 9.57. The minimum Gasteiger partial charge on any atom is -0.456 e. The first-order valence-electron chi connectivity index (χ1n) is 17.9. The number of allylic oxidation sites excluding steroid dienone is 1. The van der Waals surface area contributed by atoms with Crippen molar-refractivity contribution in [2.45, 2.75) is 134 Å². The molecule has 5 fully saturated rings. The molecule has 262 valence electrons. The summed E-state index contributed by atoms with van der Waals surface area (Å²) < 4.78 is 19.9. The molecule has 2 saturated carbocycles. The van der Waals surface area contributed by atoms with Gasteiger partial charge in [0.15, 0.2) is 0 Å². The van der Waals surface area contributed by atoms with Crippen molar-refractivity contribution in [3.63, 3.8) is 0 Å². The first-order valence-corrected chi connectivity index (χ1v) is 17.9. The van der Waals surface area contributed by atoms with Gasteiger partial charge in [-0.3, -0.25) is 10.1 Å². The first kappa shape index (κ1) is 35.9. The molecule has 5 rings (SSSR count). The molecule has 3 aliphatic heterocycles. The van der Waals surface area contributed by atoms with Gasteiger partial charge < -0.3 is 40.0 Å². The van der Waals surface area contributed by atoms with Crippen molar-refractivity contribution >= 4 is 11.8 Å². The molecular formula is C35H59N2O9+. The molecule has 11 unspecified atom stereocenters. The molecule has 0 spiro atoms. The number of ether oxygens (including phenoxy) is 3. The third-order valence-electron chi connectivity index (χ3n) is 12.2. The maximum atomic E-state index is 13.6. The molecule has 3 saturated heterocycles. The van der Waals surface area contributed by atoms with Crippen LogP contribution in [0.25, 0.3) is 0 Å². The molecule has 0 aromatic rings. The largest absolute Gasteiger partial charge is 0.456 e. The van der Waals surface area contributed by atoms with Crippen LogP contribution in [0.4, 0.5) is 0 Å². The number of aliphatic hydroxyl groups excluding tert-OH is 4. The van der Waals surface area contributed by atoms with Crippen LogP contribution in [0.3, 0.4) is 0 Å². The van der Waals surface area contributed by atoms with Crippen LogP contribution in [-0.4, -0.2) is 107 Å². The smallest absolute Gasteiger partial charge is 0.333 e. The average molecular weight is 652 g/mol. The van der Waals surface area contributed by atoms with Crippen LogP contribution in [0, 0.1) is 35.5 Å². The van der Waals surface area contributed by atoms with E-state index in [4.69, 9.17) is 14.2 Å². The highest BCUT2D eigenvalue weighted by Crippen LogP contribution is 2.54. The predicted octanol–water partition coefficient (Wildman–Crippen LogP) is 0.813. The summed E-state index contributed by atoms with van der Waals surface area (Å²) in [6.07, 6.45) is 3.88. The van der Waals surface area contributed by atoms with Crippen LogP contribution in [0.5, 0.6) is 0 Å². The predicted molar refractivity (Wildman–Crippen MR) is 169 cm³/mol. The third-order valence-corrected chi connectivity index (χ3v) is 12.2. The second-order valence-electron chi connectivity index (χ2n) is 15.0. The lowest BCUT2D eigenvalue weighted by Gasteiger charge is -2.60. The van der Waals surface area contributed by atoms with Gasteiger partial charge in [-0.2, -0.15) is 0 Å². The molecule has 46 heavy (non-hydrogen) atoms. The monoisotopic (exact) mass is 651 g/mol. The van der Waals surface area contributed by atoms with E-state index in [9.17, 15) is 30.0 Å². The molecule has 14 atom stereocenters. The Morgan fingerprint density at radius 2 is 1.96 bits per heavy atom. The van der Waals surface area contributed by atoms with E-state index in [-0.39, 0.29) is 49.6 Å². The summed E-state index contributed by atoms with van der Waals surface area (Å²) >= 11 is 0. The van der Waals surface area contributed by atoms with Gasteiger partial charge in [0, 0.05) is 48.7 Å². The zero-order valence-corrected chi connectivity index (χ0v) is 28.2. The van der Waals surface area contributed by atoms with Crippen molar-refractivity contribution in [1.82, 2.24) is 5.32 Å². The lowest BCUT2D eigenvalue weighted by molar-refractivity contribution is -0.708. The number of hydrogen-bond donors (Lipinski definition) is 6. The Bertz CT molecular complexity index is 1080. The fourth-order valence-corrected chi connectivity index (χ4v) is 9.46. The molecule has 2 aliphatic carbocycles.